The Bertz CT molecular complexity index is 688. The molecule has 22 heavy (non-hydrogen) atoms. The second kappa shape index (κ2) is 5.49. The third-order valence-corrected chi connectivity index (χ3v) is 3.05. The van der Waals surface area contributed by atoms with Crippen molar-refractivity contribution in [1.29, 1.82) is 0 Å². The molecule has 8 heteroatoms. The SMILES string of the molecule is C[C@](N)(Cc1ccc(O)c(O)c1)C(=O)On1c(O)ccc1O. The number of nitrogens with two attached hydrogens (primary N) is 1. The summed E-state index contributed by atoms with van der Waals surface area (Å²) in [6, 6.07) is 6.34. The molecule has 0 bridgehead atoms. The molecule has 2 aromatic rings. The first kappa shape index (κ1) is 15.5. The number of nitrogens with zero attached hydrogens (tertiary/aromatic N) is 1. The lowest BCUT2D eigenvalue weighted by atomic mass is 9.94. The highest BCUT2D eigenvalue weighted by Crippen LogP contribution is 2.27. The Morgan fingerprint density at radius 1 is 1.14 bits per heavy atom. The second-order valence-electron chi connectivity index (χ2n) is 5.14. The van der Waals surface area contributed by atoms with Crippen molar-refractivity contribution in [2.75, 3.05) is 0 Å². The zero-order valence-corrected chi connectivity index (χ0v) is 11.7. The molecule has 8 nitrogen and oxygen atoms in total. The average Bonchev–Trinajstić information content (AvgIpc) is 2.74. The fourth-order valence-corrected chi connectivity index (χ4v) is 1.86. The van der Waals surface area contributed by atoms with Crippen molar-refractivity contribution in [1.82, 2.24) is 4.73 Å². The predicted octanol–water partition coefficient (Wildman–Crippen LogP) is 0.226. The lowest BCUT2D eigenvalue weighted by Gasteiger charge is -2.22. The molecule has 0 radical (unpaired) electrons. The van der Waals surface area contributed by atoms with E-state index in [-0.39, 0.29) is 17.9 Å². The molecule has 0 saturated heterocycles. The Morgan fingerprint density at radius 3 is 2.27 bits per heavy atom. The second-order valence-corrected chi connectivity index (χ2v) is 5.14. The largest absolute Gasteiger partial charge is 0.504 e. The van der Waals surface area contributed by atoms with E-state index in [9.17, 15) is 25.2 Å². The van der Waals surface area contributed by atoms with Crippen LogP contribution in [0.5, 0.6) is 23.3 Å². The molecule has 0 aliphatic rings. The molecule has 1 heterocycles. The Morgan fingerprint density at radius 2 is 1.73 bits per heavy atom. The summed E-state index contributed by atoms with van der Waals surface area (Å²) in [5.74, 6) is -2.43. The molecule has 0 saturated carbocycles. The molecule has 1 aromatic heterocycles. The van der Waals surface area contributed by atoms with Crippen LogP contribution in [0.15, 0.2) is 30.3 Å². The monoisotopic (exact) mass is 308 g/mol. The molecule has 0 amide bonds. The zero-order valence-electron chi connectivity index (χ0n) is 11.7. The number of hydrogen-bond donors (Lipinski definition) is 5. The number of phenols is 2. The number of aromatic hydroxyl groups is 4. The molecule has 2 rings (SSSR count). The van der Waals surface area contributed by atoms with Gasteiger partial charge in [-0.05, 0) is 24.6 Å². The summed E-state index contributed by atoms with van der Waals surface area (Å²) in [6.07, 6.45) is 0.00245. The first-order valence-electron chi connectivity index (χ1n) is 6.33. The molecule has 0 aliphatic heterocycles. The molecule has 1 aromatic carbocycles. The number of rotatable bonds is 4. The van der Waals surface area contributed by atoms with Crippen LogP contribution in [0.3, 0.4) is 0 Å². The molecule has 0 aliphatic carbocycles. The lowest BCUT2D eigenvalue weighted by Crippen LogP contribution is -2.51. The summed E-state index contributed by atoms with van der Waals surface area (Å²) in [5.41, 5.74) is 4.91. The predicted molar refractivity (Wildman–Crippen MR) is 75.4 cm³/mol. The highest BCUT2D eigenvalue weighted by Gasteiger charge is 2.32. The Hall–Kier alpha value is -2.87. The van der Waals surface area contributed by atoms with Gasteiger partial charge in [-0.1, -0.05) is 6.07 Å². The van der Waals surface area contributed by atoms with Crippen molar-refractivity contribution < 1.29 is 30.1 Å². The minimum Gasteiger partial charge on any atom is -0.504 e. The molecule has 0 unspecified atom stereocenters. The van der Waals surface area contributed by atoms with Crippen molar-refractivity contribution >= 4 is 5.97 Å². The number of carbonyl (C=O) groups excluding carboxylic acids is 1. The van der Waals surface area contributed by atoms with Crippen molar-refractivity contribution in [3.05, 3.63) is 35.9 Å². The maximum Gasteiger partial charge on any atom is 0.352 e. The number of hydrogen-bond acceptors (Lipinski definition) is 7. The summed E-state index contributed by atoms with van der Waals surface area (Å²) in [7, 11) is 0. The van der Waals surface area contributed by atoms with Gasteiger partial charge in [0, 0.05) is 18.6 Å². The van der Waals surface area contributed by atoms with Crippen molar-refractivity contribution in [2.24, 2.45) is 5.73 Å². The topological polar surface area (TPSA) is 138 Å². The van der Waals surface area contributed by atoms with Crippen LogP contribution in [0, 0.1) is 0 Å². The standard InChI is InChI=1S/C14H16N2O6/c1-14(15,7-8-2-3-9(17)10(18)6-8)13(21)22-16-11(19)4-5-12(16)20/h2-6,17-20H,7,15H2,1H3/t14-/m0/s1. The van der Waals surface area contributed by atoms with Gasteiger partial charge in [0.1, 0.15) is 5.54 Å². The van der Waals surface area contributed by atoms with E-state index in [1.165, 1.54) is 25.1 Å². The van der Waals surface area contributed by atoms with Gasteiger partial charge in [0.2, 0.25) is 11.8 Å². The van der Waals surface area contributed by atoms with Crippen LogP contribution in [0.25, 0.3) is 0 Å². The van der Waals surface area contributed by atoms with E-state index in [2.05, 4.69) is 0 Å². The third kappa shape index (κ3) is 3.07. The fourth-order valence-electron chi connectivity index (χ4n) is 1.86. The maximum atomic E-state index is 12.1. The first-order chi connectivity index (χ1) is 10.2. The van der Waals surface area contributed by atoms with Gasteiger partial charge in [-0.25, -0.2) is 4.79 Å². The van der Waals surface area contributed by atoms with Crippen LogP contribution in [0.2, 0.25) is 0 Å². The van der Waals surface area contributed by atoms with Crippen LogP contribution in [0.1, 0.15) is 12.5 Å². The van der Waals surface area contributed by atoms with Crippen LogP contribution in [-0.2, 0) is 11.2 Å². The fraction of sp³-hybridized carbons (Fsp3) is 0.214. The molecule has 0 fully saturated rings. The van der Waals surface area contributed by atoms with Crippen LogP contribution >= 0.6 is 0 Å². The number of benzene rings is 1. The smallest absolute Gasteiger partial charge is 0.352 e. The minimum atomic E-state index is -1.49. The quantitative estimate of drug-likeness (QED) is 0.509. The van der Waals surface area contributed by atoms with E-state index in [1.807, 2.05) is 0 Å². The molecular weight excluding hydrogens is 292 g/mol. The van der Waals surface area contributed by atoms with Crippen LogP contribution in [0.4, 0.5) is 0 Å². The summed E-state index contributed by atoms with van der Waals surface area (Å²) in [5, 5.41) is 37.5. The van der Waals surface area contributed by atoms with Gasteiger partial charge >= 0.3 is 5.97 Å². The van der Waals surface area contributed by atoms with Crippen molar-refractivity contribution in [3.8, 4) is 23.3 Å². The number of carbonyl (C=O) groups is 1. The van der Waals surface area contributed by atoms with E-state index >= 15 is 0 Å². The van der Waals surface area contributed by atoms with Crippen LogP contribution < -0.4 is 10.6 Å². The van der Waals surface area contributed by atoms with Gasteiger partial charge in [0.25, 0.3) is 0 Å². The van der Waals surface area contributed by atoms with E-state index in [0.717, 1.165) is 12.1 Å². The summed E-state index contributed by atoms with van der Waals surface area (Å²) in [4.78, 5) is 16.9. The van der Waals surface area contributed by atoms with Gasteiger partial charge in [-0.3, -0.25) is 0 Å². The number of phenolic OH excluding ortho intramolecular Hbond substituents is 2. The highest BCUT2D eigenvalue weighted by molar-refractivity contribution is 5.81. The summed E-state index contributed by atoms with van der Waals surface area (Å²) >= 11 is 0. The number of aromatic nitrogens is 1. The molecule has 118 valence electrons. The van der Waals surface area contributed by atoms with Gasteiger partial charge in [0.15, 0.2) is 11.5 Å². The molecule has 6 N–H and O–H groups in total. The van der Waals surface area contributed by atoms with Gasteiger partial charge in [-0.15, -0.1) is 4.73 Å². The Kier molecular flexibility index (Phi) is 3.87. The highest BCUT2D eigenvalue weighted by atomic mass is 16.7. The van der Waals surface area contributed by atoms with Crippen LogP contribution in [-0.4, -0.2) is 36.7 Å². The summed E-state index contributed by atoms with van der Waals surface area (Å²) < 4.78 is 0.543. The van der Waals surface area contributed by atoms with Crippen molar-refractivity contribution in [3.63, 3.8) is 0 Å². The van der Waals surface area contributed by atoms with E-state index in [4.69, 9.17) is 10.6 Å². The van der Waals surface area contributed by atoms with Gasteiger partial charge in [0.05, 0.1) is 0 Å². The lowest BCUT2D eigenvalue weighted by molar-refractivity contribution is -0.151. The minimum absolute atomic E-state index is 0.00245. The van der Waals surface area contributed by atoms with Crippen molar-refractivity contribution in [2.45, 2.75) is 18.9 Å². The van der Waals surface area contributed by atoms with E-state index < -0.39 is 23.3 Å². The van der Waals surface area contributed by atoms with E-state index in [0.29, 0.717) is 10.3 Å². The van der Waals surface area contributed by atoms with Gasteiger partial charge in [-0.2, -0.15) is 0 Å². The Balaban J connectivity index is 2.15. The maximum absolute atomic E-state index is 12.1. The Labute approximate surface area is 125 Å². The summed E-state index contributed by atoms with van der Waals surface area (Å²) in [6.45, 7) is 1.40. The molecule has 0 spiro atoms. The molecule has 1 atom stereocenters. The normalized spacial score (nSPS) is 13.5. The average molecular weight is 308 g/mol. The molecular formula is C14H16N2O6. The third-order valence-electron chi connectivity index (χ3n) is 3.05. The first-order valence-corrected chi connectivity index (χ1v) is 6.33. The van der Waals surface area contributed by atoms with Gasteiger partial charge < -0.3 is 31.0 Å². The van der Waals surface area contributed by atoms with E-state index in [1.54, 1.807) is 0 Å². The zero-order chi connectivity index (χ0) is 16.5.